The molecule has 2 fully saturated rings. The van der Waals surface area contributed by atoms with E-state index in [2.05, 4.69) is 84.5 Å². The Labute approximate surface area is 328 Å². The standard InChI is InChI=1S/C49H82N2O2/c1-3-5-7-9-11-13-15-17-19-21-23-25-27-29-31-33-39-49(40-34-32-30-28-26-24-22-20-18-16-14-12-10-8-6-4-2)52-47-38-44-51(45-48(47)53-49)43-37-46-35-41-50-42-36-46/h11-14,17-20,35-36,41-42,47-48H,3-10,15-16,21-34,37-40,43-45H2,1-2H3/t47-,48+,49?/m0/s1. The first kappa shape index (κ1) is 45.4. The van der Waals surface area contributed by atoms with Gasteiger partial charge >= 0.3 is 0 Å². The van der Waals surface area contributed by atoms with Crippen LogP contribution in [0.4, 0.5) is 0 Å². The number of pyridine rings is 1. The van der Waals surface area contributed by atoms with Gasteiger partial charge in [0.15, 0.2) is 5.79 Å². The van der Waals surface area contributed by atoms with E-state index >= 15 is 0 Å². The molecule has 53 heavy (non-hydrogen) atoms. The number of hydrogen-bond acceptors (Lipinski definition) is 4. The van der Waals surface area contributed by atoms with Crippen LogP contribution in [-0.4, -0.2) is 47.5 Å². The molecular weight excluding hydrogens is 649 g/mol. The number of ether oxygens (including phenoxy) is 2. The van der Waals surface area contributed by atoms with Crippen LogP contribution >= 0.6 is 0 Å². The summed E-state index contributed by atoms with van der Waals surface area (Å²) in [5, 5.41) is 0. The molecule has 0 radical (unpaired) electrons. The van der Waals surface area contributed by atoms with Crippen LogP contribution < -0.4 is 0 Å². The van der Waals surface area contributed by atoms with Gasteiger partial charge < -0.3 is 14.4 Å². The monoisotopic (exact) mass is 731 g/mol. The first-order valence-corrected chi connectivity index (χ1v) is 22.8. The summed E-state index contributed by atoms with van der Waals surface area (Å²) < 4.78 is 13.9. The predicted octanol–water partition coefficient (Wildman–Crippen LogP) is 14.2. The molecule has 0 spiro atoms. The molecule has 2 saturated heterocycles. The maximum Gasteiger partial charge on any atom is 0.169 e. The average Bonchev–Trinajstić information content (AvgIpc) is 3.55. The van der Waals surface area contributed by atoms with E-state index in [0.717, 1.165) is 58.2 Å². The maximum absolute atomic E-state index is 6.99. The van der Waals surface area contributed by atoms with Gasteiger partial charge in [0.25, 0.3) is 0 Å². The van der Waals surface area contributed by atoms with Crippen LogP contribution in [0, 0.1) is 0 Å². The summed E-state index contributed by atoms with van der Waals surface area (Å²) in [4.78, 5) is 6.78. The van der Waals surface area contributed by atoms with Crippen LogP contribution in [0.2, 0.25) is 0 Å². The van der Waals surface area contributed by atoms with Crippen molar-refractivity contribution in [3.8, 4) is 0 Å². The van der Waals surface area contributed by atoms with Gasteiger partial charge in [-0.2, -0.15) is 0 Å². The van der Waals surface area contributed by atoms with Gasteiger partial charge in [-0.25, -0.2) is 0 Å². The van der Waals surface area contributed by atoms with Crippen LogP contribution in [0.15, 0.2) is 73.1 Å². The molecule has 0 N–H and O–H groups in total. The van der Waals surface area contributed by atoms with Crippen molar-refractivity contribution in [3.63, 3.8) is 0 Å². The molecule has 0 unspecified atom stereocenters. The van der Waals surface area contributed by atoms with Gasteiger partial charge in [-0.1, -0.05) is 140 Å². The number of allylic oxidation sites excluding steroid dienone is 8. The molecule has 0 aromatic carbocycles. The zero-order chi connectivity index (χ0) is 37.3. The third-order valence-corrected chi connectivity index (χ3v) is 11.3. The minimum atomic E-state index is -0.360. The predicted molar refractivity (Wildman–Crippen MR) is 229 cm³/mol. The summed E-state index contributed by atoms with van der Waals surface area (Å²) in [5.74, 6) is -0.360. The highest BCUT2D eigenvalue weighted by atomic mass is 16.8. The molecule has 2 atom stereocenters. The van der Waals surface area contributed by atoms with Gasteiger partial charge in [-0.05, 0) is 108 Å². The van der Waals surface area contributed by atoms with Crippen molar-refractivity contribution in [1.29, 1.82) is 0 Å². The Bertz CT molecular complexity index is 1050. The SMILES string of the molecule is CCCCCC=CCC=CCCCCCCCCC1(CCCCCCCCC=CCC=CCCCCC)O[C@H]2CCN(CCc3ccncc3)C[C@H]2O1. The minimum Gasteiger partial charge on any atom is -0.344 e. The Hall–Kier alpha value is -2.01. The van der Waals surface area contributed by atoms with Crippen molar-refractivity contribution in [1.82, 2.24) is 9.88 Å². The van der Waals surface area contributed by atoms with E-state index in [-0.39, 0.29) is 18.0 Å². The molecule has 1 aromatic rings. The number of unbranched alkanes of at least 4 members (excludes halogenated alkanes) is 18. The summed E-state index contributed by atoms with van der Waals surface area (Å²) in [6, 6.07) is 4.29. The zero-order valence-electron chi connectivity index (χ0n) is 34.7. The van der Waals surface area contributed by atoms with Gasteiger partial charge in [0.1, 0.15) is 0 Å². The van der Waals surface area contributed by atoms with Crippen LogP contribution in [0.3, 0.4) is 0 Å². The highest BCUT2D eigenvalue weighted by Crippen LogP contribution is 2.40. The molecule has 1 aromatic heterocycles. The van der Waals surface area contributed by atoms with Crippen molar-refractivity contribution in [2.24, 2.45) is 0 Å². The van der Waals surface area contributed by atoms with Gasteiger partial charge in [0.05, 0.1) is 12.2 Å². The molecule has 2 aliphatic heterocycles. The highest BCUT2D eigenvalue weighted by Gasteiger charge is 2.48. The van der Waals surface area contributed by atoms with E-state index in [1.54, 1.807) is 0 Å². The number of fused-ring (bicyclic) bond motifs is 1. The van der Waals surface area contributed by atoms with Crippen LogP contribution in [0.5, 0.6) is 0 Å². The summed E-state index contributed by atoms with van der Waals surface area (Å²) in [5.41, 5.74) is 1.37. The Morgan fingerprint density at radius 3 is 1.55 bits per heavy atom. The summed E-state index contributed by atoms with van der Waals surface area (Å²) in [6.45, 7) is 7.75. The van der Waals surface area contributed by atoms with Crippen LogP contribution in [0.1, 0.15) is 193 Å². The van der Waals surface area contributed by atoms with Crippen LogP contribution in [0.25, 0.3) is 0 Å². The molecule has 0 bridgehead atoms. The number of nitrogens with zero attached hydrogens (tertiary/aromatic N) is 2. The van der Waals surface area contributed by atoms with Crippen LogP contribution in [-0.2, 0) is 15.9 Å². The first-order chi connectivity index (χ1) is 26.2. The lowest BCUT2D eigenvalue weighted by molar-refractivity contribution is -0.185. The largest absolute Gasteiger partial charge is 0.344 e. The summed E-state index contributed by atoms with van der Waals surface area (Å²) >= 11 is 0. The van der Waals surface area contributed by atoms with E-state index in [4.69, 9.17) is 9.47 Å². The van der Waals surface area contributed by atoms with Gasteiger partial charge in [-0.3, -0.25) is 4.98 Å². The second-order valence-corrected chi connectivity index (χ2v) is 16.1. The molecule has 3 heterocycles. The van der Waals surface area contributed by atoms with E-state index < -0.39 is 0 Å². The van der Waals surface area contributed by atoms with Crippen molar-refractivity contribution in [3.05, 3.63) is 78.7 Å². The second-order valence-electron chi connectivity index (χ2n) is 16.1. The molecule has 0 aliphatic carbocycles. The molecule has 0 amide bonds. The van der Waals surface area contributed by atoms with E-state index in [1.807, 2.05) is 12.4 Å². The van der Waals surface area contributed by atoms with Crippen molar-refractivity contribution < 1.29 is 9.47 Å². The normalized spacial score (nSPS) is 20.9. The fourth-order valence-electron chi connectivity index (χ4n) is 7.95. The van der Waals surface area contributed by atoms with Gasteiger partial charge in [-0.15, -0.1) is 0 Å². The lowest BCUT2D eigenvalue weighted by Gasteiger charge is -2.32. The van der Waals surface area contributed by atoms with E-state index in [1.165, 1.54) is 147 Å². The Kier molecular flexibility index (Phi) is 26.7. The van der Waals surface area contributed by atoms with E-state index in [0.29, 0.717) is 0 Å². The third-order valence-electron chi connectivity index (χ3n) is 11.3. The molecule has 3 rings (SSSR count). The molecule has 4 heteroatoms. The average molecular weight is 731 g/mol. The Morgan fingerprint density at radius 1 is 0.585 bits per heavy atom. The second kappa shape index (κ2) is 31.2. The van der Waals surface area contributed by atoms with E-state index in [9.17, 15) is 0 Å². The number of aromatic nitrogens is 1. The Morgan fingerprint density at radius 2 is 1.04 bits per heavy atom. The highest BCUT2D eigenvalue weighted by molar-refractivity contribution is 5.10. The first-order valence-electron chi connectivity index (χ1n) is 22.8. The smallest absolute Gasteiger partial charge is 0.169 e. The minimum absolute atomic E-state index is 0.218. The fraction of sp³-hybridized carbons (Fsp3) is 0.735. The number of piperidine rings is 1. The van der Waals surface area contributed by atoms with Crippen molar-refractivity contribution in [2.45, 2.75) is 212 Å². The molecule has 300 valence electrons. The number of likely N-dealkylation sites (tertiary alicyclic amines) is 1. The van der Waals surface area contributed by atoms with Gasteiger partial charge in [0.2, 0.25) is 0 Å². The number of rotatable bonds is 33. The Balaban J connectivity index is 1.31. The number of hydrogen-bond donors (Lipinski definition) is 0. The maximum atomic E-state index is 6.99. The molecule has 2 aliphatic rings. The summed E-state index contributed by atoms with van der Waals surface area (Å²) in [7, 11) is 0. The lowest BCUT2D eigenvalue weighted by Crippen LogP contribution is -2.45. The topological polar surface area (TPSA) is 34.6 Å². The third kappa shape index (κ3) is 22.2. The van der Waals surface area contributed by atoms with Gasteiger partial charge in [0, 0.05) is 44.9 Å². The molecular formula is C49H82N2O2. The molecule has 4 nitrogen and oxygen atoms in total. The fourth-order valence-corrected chi connectivity index (χ4v) is 7.95. The quantitative estimate of drug-likeness (QED) is 0.0533. The lowest BCUT2D eigenvalue weighted by atomic mass is 9.98. The zero-order valence-corrected chi connectivity index (χ0v) is 34.7. The van der Waals surface area contributed by atoms with Crippen molar-refractivity contribution in [2.75, 3.05) is 19.6 Å². The summed E-state index contributed by atoms with van der Waals surface area (Å²) in [6.07, 6.45) is 58.3. The van der Waals surface area contributed by atoms with Crippen molar-refractivity contribution >= 4 is 0 Å². The molecule has 0 saturated carbocycles.